The van der Waals surface area contributed by atoms with Crippen LogP contribution in [0.5, 0.6) is 0 Å². The first kappa shape index (κ1) is 16.3. The molecule has 3 rings (SSSR count). The number of amides is 2. The Morgan fingerprint density at radius 1 is 1.22 bits per heavy atom. The molecule has 1 saturated heterocycles. The van der Waals surface area contributed by atoms with E-state index in [1.165, 1.54) is 0 Å². The van der Waals surface area contributed by atoms with Gasteiger partial charge in [0.15, 0.2) is 0 Å². The van der Waals surface area contributed by atoms with E-state index < -0.39 is 6.10 Å². The number of benzene rings is 1. The second-order valence-corrected chi connectivity index (χ2v) is 6.63. The summed E-state index contributed by atoms with van der Waals surface area (Å²) in [5.41, 5.74) is 1.09. The number of hydrogen-bond acceptors (Lipinski definition) is 3. The predicted octanol–water partition coefficient (Wildman–Crippen LogP) is 2.46. The van der Waals surface area contributed by atoms with Crippen LogP contribution in [0.2, 0.25) is 0 Å². The second-order valence-electron chi connectivity index (χ2n) is 6.63. The number of aliphatic hydroxyl groups is 1. The van der Waals surface area contributed by atoms with Crippen molar-refractivity contribution < 1.29 is 14.6 Å². The fourth-order valence-electron chi connectivity index (χ4n) is 3.73. The molecule has 0 bridgehead atoms. The van der Waals surface area contributed by atoms with Crippen LogP contribution >= 0.6 is 0 Å². The molecule has 2 amide bonds. The summed E-state index contributed by atoms with van der Waals surface area (Å²) >= 11 is 0. The molecular formula is C18H26N2O3. The lowest BCUT2D eigenvalue weighted by Gasteiger charge is -2.31. The molecule has 1 aliphatic carbocycles. The molecule has 2 atom stereocenters. The molecule has 0 spiro atoms. The number of hydrogen-bond donors (Lipinski definition) is 2. The quantitative estimate of drug-likeness (QED) is 0.900. The number of ether oxygens (including phenoxy) is 1. The van der Waals surface area contributed by atoms with E-state index in [1.807, 2.05) is 30.3 Å². The molecule has 1 saturated carbocycles. The molecule has 1 aromatic rings. The Labute approximate surface area is 137 Å². The topological polar surface area (TPSA) is 61.8 Å². The zero-order valence-electron chi connectivity index (χ0n) is 13.6. The summed E-state index contributed by atoms with van der Waals surface area (Å²) in [6.45, 7) is 0.402. The SMILES string of the molecule is COC1CCC(NC(=O)N2CC(O)CC2c2ccccc2)CC1. The van der Waals surface area contributed by atoms with Crippen molar-refractivity contribution in [3.63, 3.8) is 0 Å². The number of carbonyl (C=O) groups excluding carboxylic acids is 1. The molecule has 2 fully saturated rings. The Morgan fingerprint density at radius 3 is 2.57 bits per heavy atom. The van der Waals surface area contributed by atoms with E-state index in [0.29, 0.717) is 19.1 Å². The van der Waals surface area contributed by atoms with Crippen LogP contribution in [0.4, 0.5) is 4.79 Å². The van der Waals surface area contributed by atoms with E-state index in [4.69, 9.17) is 4.74 Å². The zero-order chi connectivity index (χ0) is 16.2. The zero-order valence-corrected chi connectivity index (χ0v) is 13.6. The van der Waals surface area contributed by atoms with Crippen molar-refractivity contribution >= 4 is 6.03 Å². The number of methoxy groups -OCH3 is 1. The summed E-state index contributed by atoms with van der Waals surface area (Å²) in [5, 5.41) is 13.2. The first-order chi connectivity index (χ1) is 11.2. The van der Waals surface area contributed by atoms with Crippen LogP contribution in [0, 0.1) is 0 Å². The minimum Gasteiger partial charge on any atom is -0.391 e. The second kappa shape index (κ2) is 7.32. The lowest BCUT2D eigenvalue weighted by Crippen LogP contribution is -2.46. The molecule has 0 aromatic heterocycles. The van der Waals surface area contributed by atoms with Crippen LogP contribution in [0.1, 0.15) is 43.7 Å². The highest BCUT2D eigenvalue weighted by Gasteiger charge is 2.36. The predicted molar refractivity (Wildman–Crippen MR) is 88.1 cm³/mol. The Morgan fingerprint density at radius 2 is 1.91 bits per heavy atom. The maximum Gasteiger partial charge on any atom is 0.318 e. The van der Waals surface area contributed by atoms with Gasteiger partial charge in [-0.1, -0.05) is 30.3 Å². The highest BCUT2D eigenvalue weighted by Crippen LogP contribution is 2.32. The highest BCUT2D eigenvalue weighted by atomic mass is 16.5. The van der Waals surface area contributed by atoms with Crippen molar-refractivity contribution in [3.05, 3.63) is 35.9 Å². The maximum atomic E-state index is 12.7. The molecule has 1 aliphatic heterocycles. The Balaban J connectivity index is 1.61. The molecule has 0 radical (unpaired) electrons. The van der Waals surface area contributed by atoms with Gasteiger partial charge < -0.3 is 20.1 Å². The smallest absolute Gasteiger partial charge is 0.318 e. The van der Waals surface area contributed by atoms with Gasteiger partial charge in [0, 0.05) is 19.7 Å². The molecule has 1 heterocycles. The van der Waals surface area contributed by atoms with E-state index in [1.54, 1.807) is 12.0 Å². The van der Waals surface area contributed by atoms with Gasteiger partial charge in [-0.2, -0.15) is 0 Å². The highest BCUT2D eigenvalue weighted by molar-refractivity contribution is 5.75. The van der Waals surface area contributed by atoms with Gasteiger partial charge in [-0.25, -0.2) is 4.79 Å². The van der Waals surface area contributed by atoms with Crippen molar-refractivity contribution in [2.24, 2.45) is 0 Å². The van der Waals surface area contributed by atoms with Gasteiger partial charge in [-0.3, -0.25) is 0 Å². The van der Waals surface area contributed by atoms with Crippen LogP contribution in [0.15, 0.2) is 30.3 Å². The number of carbonyl (C=O) groups is 1. The van der Waals surface area contributed by atoms with E-state index in [-0.39, 0.29) is 18.1 Å². The number of nitrogens with zero attached hydrogens (tertiary/aromatic N) is 1. The Hall–Kier alpha value is -1.59. The molecule has 126 valence electrons. The molecule has 23 heavy (non-hydrogen) atoms. The third-order valence-corrected chi connectivity index (χ3v) is 5.06. The van der Waals surface area contributed by atoms with Crippen molar-refractivity contribution in [1.29, 1.82) is 0 Å². The number of rotatable bonds is 3. The third kappa shape index (κ3) is 3.85. The van der Waals surface area contributed by atoms with Crippen LogP contribution in [-0.4, -0.2) is 47.9 Å². The lowest BCUT2D eigenvalue weighted by atomic mass is 9.93. The van der Waals surface area contributed by atoms with E-state index >= 15 is 0 Å². The van der Waals surface area contributed by atoms with E-state index in [0.717, 1.165) is 31.2 Å². The van der Waals surface area contributed by atoms with Gasteiger partial charge in [0.25, 0.3) is 0 Å². The number of β-amino-alcohol motifs (C(OH)–C–C–N with tert-alkyl or cyclic N) is 1. The Bertz CT molecular complexity index is 514. The Kier molecular flexibility index (Phi) is 5.18. The largest absolute Gasteiger partial charge is 0.391 e. The molecule has 5 nitrogen and oxygen atoms in total. The van der Waals surface area contributed by atoms with Gasteiger partial charge >= 0.3 is 6.03 Å². The van der Waals surface area contributed by atoms with E-state index in [9.17, 15) is 9.90 Å². The summed E-state index contributed by atoms with van der Waals surface area (Å²) in [6, 6.07) is 10.1. The molecule has 2 N–H and O–H groups in total. The van der Waals surface area contributed by atoms with Gasteiger partial charge in [0.05, 0.1) is 18.2 Å². The van der Waals surface area contributed by atoms with E-state index in [2.05, 4.69) is 5.32 Å². The minimum atomic E-state index is -0.449. The number of urea groups is 1. The van der Waals surface area contributed by atoms with Crippen LogP contribution in [0.3, 0.4) is 0 Å². The van der Waals surface area contributed by atoms with Crippen LogP contribution in [-0.2, 0) is 4.74 Å². The molecule has 2 unspecified atom stereocenters. The van der Waals surface area contributed by atoms with Gasteiger partial charge in [-0.05, 0) is 37.7 Å². The lowest BCUT2D eigenvalue weighted by molar-refractivity contribution is 0.0625. The summed E-state index contributed by atoms with van der Waals surface area (Å²) in [6.07, 6.45) is 4.38. The van der Waals surface area contributed by atoms with Crippen molar-refractivity contribution in [3.8, 4) is 0 Å². The fraction of sp³-hybridized carbons (Fsp3) is 0.611. The maximum absolute atomic E-state index is 12.7. The van der Waals surface area contributed by atoms with Crippen LogP contribution < -0.4 is 5.32 Å². The summed E-state index contributed by atoms with van der Waals surface area (Å²) in [4.78, 5) is 14.4. The molecule has 5 heteroatoms. The molecular weight excluding hydrogens is 292 g/mol. The first-order valence-electron chi connectivity index (χ1n) is 8.50. The molecule has 2 aliphatic rings. The van der Waals surface area contributed by atoms with Crippen molar-refractivity contribution in [1.82, 2.24) is 10.2 Å². The summed E-state index contributed by atoms with van der Waals surface area (Å²) in [5.74, 6) is 0. The minimum absolute atomic E-state index is 0.0403. The number of likely N-dealkylation sites (tertiary alicyclic amines) is 1. The third-order valence-electron chi connectivity index (χ3n) is 5.06. The normalized spacial score (nSPS) is 31.1. The van der Waals surface area contributed by atoms with Gasteiger partial charge in [-0.15, -0.1) is 0 Å². The van der Waals surface area contributed by atoms with Gasteiger partial charge in [0.1, 0.15) is 0 Å². The van der Waals surface area contributed by atoms with Crippen molar-refractivity contribution in [2.45, 2.75) is 56.4 Å². The fourth-order valence-corrected chi connectivity index (χ4v) is 3.73. The van der Waals surface area contributed by atoms with Gasteiger partial charge in [0.2, 0.25) is 0 Å². The number of nitrogens with one attached hydrogen (secondary N) is 1. The molecule has 1 aromatic carbocycles. The van der Waals surface area contributed by atoms with Crippen LogP contribution in [0.25, 0.3) is 0 Å². The standard InChI is InChI=1S/C18H26N2O3/c1-23-16-9-7-14(8-10-16)19-18(22)20-12-15(21)11-17(20)13-5-3-2-4-6-13/h2-6,14-17,21H,7-12H2,1H3,(H,19,22). The van der Waals surface area contributed by atoms with Crippen molar-refractivity contribution in [2.75, 3.05) is 13.7 Å². The average molecular weight is 318 g/mol. The summed E-state index contributed by atoms with van der Waals surface area (Å²) in [7, 11) is 1.75. The monoisotopic (exact) mass is 318 g/mol. The first-order valence-corrected chi connectivity index (χ1v) is 8.50. The number of aliphatic hydroxyl groups excluding tert-OH is 1. The summed E-state index contributed by atoms with van der Waals surface area (Å²) < 4.78 is 5.38. The average Bonchev–Trinajstić information content (AvgIpc) is 2.98.